The number of carboxylic acids is 1. The van der Waals surface area contributed by atoms with E-state index in [1.807, 2.05) is 24.3 Å². The maximum atomic E-state index is 10.6. The molecule has 0 fully saturated rings. The molecule has 1 aromatic carbocycles. The number of carbonyl (C=O) groups is 1. The van der Waals surface area contributed by atoms with Crippen molar-refractivity contribution in [3.05, 3.63) is 29.8 Å². The molecule has 0 bridgehead atoms. The monoisotopic (exact) mass is 250 g/mol. The number of hydrogen-bond acceptors (Lipinski definition) is 3. The van der Waals surface area contributed by atoms with E-state index in [1.165, 1.54) is 19.3 Å². The average molecular weight is 250 g/mol. The molecule has 4 heteroatoms. The van der Waals surface area contributed by atoms with Gasteiger partial charge in [0.05, 0.1) is 0 Å². The normalized spacial score (nSPS) is 12.1. The van der Waals surface area contributed by atoms with Gasteiger partial charge in [-0.3, -0.25) is 4.79 Å². The van der Waals surface area contributed by atoms with Crippen molar-refractivity contribution in [2.45, 2.75) is 38.6 Å². The van der Waals surface area contributed by atoms with E-state index >= 15 is 0 Å². The summed E-state index contributed by atoms with van der Waals surface area (Å²) in [5.74, 6) is -0.961. The van der Waals surface area contributed by atoms with Crippen LogP contribution in [-0.2, 0) is 11.2 Å². The molecule has 0 aromatic heterocycles. The number of benzene rings is 1. The minimum atomic E-state index is -0.961. The topological polar surface area (TPSA) is 75.3 Å². The Morgan fingerprint density at radius 3 is 2.56 bits per heavy atom. The number of aliphatic carboxylic acids is 1. The van der Waals surface area contributed by atoms with Gasteiger partial charge in [-0.2, -0.15) is 0 Å². The lowest BCUT2D eigenvalue weighted by molar-refractivity contribution is -0.138. The van der Waals surface area contributed by atoms with E-state index in [2.05, 4.69) is 12.2 Å². The van der Waals surface area contributed by atoms with Crippen LogP contribution < -0.4 is 11.1 Å². The predicted molar refractivity (Wildman–Crippen MR) is 73.8 cm³/mol. The lowest BCUT2D eigenvalue weighted by atomic mass is 10.1. The van der Waals surface area contributed by atoms with E-state index in [0.29, 0.717) is 6.42 Å². The molecule has 18 heavy (non-hydrogen) atoms. The van der Waals surface area contributed by atoms with Crippen molar-refractivity contribution >= 4 is 11.7 Å². The first-order valence-corrected chi connectivity index (χ1v) is 6.44. The van der Waals surface area contributed by atoms with Gasteiger partial charge in [0.1, 0.15) is 6.04 Å². The molecule has 0 amide bonds. The largest absolute Gasteiger partial charge is 0.480 e. The SMILES string of the molecule is CCCCCNc1ccc(C[C@H](N)C(=O)O)cc1. The fourth-order valence-corrected chi connectivity index (χ4v) is 1.71. The molecule has 0 aliphatic heterocycles. The molecule has 1 rings (SSSR count). The highest BCUT2D eigenvalue weighted by Crippen LogP contribution is 2.11. The van der Waals surface area contributed by atoms with Crippen LogP contribution in [0.3, 0.4) is 0 Å². The minimum absolute atomic E-state index is 0.367. The highest BCUT2D eigenvalue weighted by molar-refractivity contribution is 5.73. The Morgan fingerprint density at radius 1 is 1.33 bits per heavy atom. The van der Waals surface area contributed by atoms with Crippen molar-refractivity contribution < 1.29 is 9.90 Å². The quantitative estimate of drug-likeness (QED) is 0.618. The number of nitrogens with one attached hydrogen (secondary N) is 1. The smallest absolute Gasteiger partial charge is 0.320 e. The van der Waals surface area contributed by atoms with Crippen LogP contribution in [0.4, 0.5) is 5.69 Å². The zero-order chi connectivity index (χ0) is 13.4. The van der Waals surface area contributed by atoms with Crippen molar-refractivity contribution in [1.82, 2.24) is 0 Å². The number of anilines is 1. The molecule has 4 nitrogen and oxygen atoms in total. The second kappa shape index (κ2) is 7.71. The predicted octanol–water partition coefficient (Wildman–Crippen LogP) is 2.24. The Hall–Kier alpha value is -1.55. The molecule has 4 N–H and O–H groups in total. The zero-order valence-corrected chi connectivity index (χ0v) is 10.9. The Kier molecular flexibility index (Phi) is 6.22. The minimum Gasteiger partial charge on any atom is -0.480 e. The van der Waals surface area contributed by atoms with Gasteiger partial charge in [0, 0.05) is 12.2 Å². The lowest BCUT2D eigenvalue weighted by Crippen LogP contribution is -2.32. The summed E-state index contributed by atoms with van der Waals surface area (Å²) in [6.07, 6.45) is 3.99. The van der Waals surface area contributed by atoms with E-state index in [9.17, 15) is 4.79 Å². The van der Waals surface area contributed by atoms with Gasteiger partial charge < -0.3 is 16.2 Å². The van der Waals surface area contributed by atoms with Crippen molar-refractivity contribution in [3.8, 4) is 0 Å². The Bertz CT molecular complexity index is 363. The second-order valence-corrected chi connectivity index (χ2v) is 4.48. The van der Waals surface area contributed by atoms with E-state index < -0.39 is 12.0 Å². The first-order chi connectivity index (χ1) is 8.63. The highest BCUT2D eigenvalue weighted by atomic mass is 16.4. The summed E-state index contributed by atoms with van der Waals surface area (Å²) in [5, 5.41) is 12.1. The van der Waals surface area contributed by atoms with Gasteiger partial charge in [0.2, 0.25) is 0 Å². The molecule has 0 radical (unpaired) electrons. The molecule has 100 valence electrons. The van der Waals surface area contributed by atoms with Crippen molar-refractivity contribution in [2.24, 2.45) is 5.73 Å². The standard InChI is InChI=1S/C14H22N2O2/c1-2-3-4-9-16-12-7-5-11(6-8-12)10-13(15)14(17)18/h5-8,13,16H,2-4,9-10,15H2,1H3,(H,17,18)/t13-/m0/s1. The maximum Gasteiger partial charge on any atom is 0.320 e. The molecular weight excluding hydrogens is 228 g/mol. The Labute approximate surface area is 108 Å². The van der Waals surface area contributed by atoms with Gasteiger partial charge in [-0.1, -0.05) is 31.9 Å². The summed E-state index contributed by atoms with van der Waals surface area (Å²) in [6.45, 7) is 3.16. The van der Waals surface area contributed by atoms with Gasteiger partial charge in [-0.15, -0.1) is 0 Å². The third-order valence-corrected chi connectivity index (χ3v) is 2.84. The van der Waals surface area contributed by atoms with Crippen LogP contribution in [0.5, 0.6) is 0 Å². The summed E-state index contributed by atoms with van der Waals surface area (Å²) in [4.78, 5) is 10.6. The molecule has 0 aliphatic rings. The number of rotatable bonds is 8. The van der Waals surface area contributed by atoms with Crippen LogP contribution in [-0.4, -0.2) is 23.7 Å². The molecule has 0 saturated heterocycles. The van der Waals surface area contributed by atoms with Crippen molar-refractivity contribution in [3.63, 3.8) is 0 Å². The number of hydrogen-bond donors (Lipinski definition) is 3. The second-order valence-electron chi connectivity index (χ2n) is 4.48. The van der Waals surface area contributed by atoms with Crippen LogP contribution in [0.1, 0.15) is 31.7 Å². The third-order valence-electron chi connectivity index (χ3n) is 2.84. The number of unbranched alkanes of at least 4 members (excludes halogenated alkanes) is 2. The molecule has 0 spiro atoms. The van der Waals surface area contributed by atoms with E-state index in [-0.39, 0.29) is 0 Å². The van der Waals surface area contributed by atoms with Crippen LogP contribution in [0.25, 0.3) is 0 Å². The van der Waals surface area contributed by atoms with Crippen LogP contribution in [0, 0.1) is 0 Å². The van der Waals surface area contributed by atoms with Crippen LogP contribution in [0.15, 0.2) is 24.3 Å². The summed E-state index contributed by atoms with van der Waals surface area (Å²) in [5.41, 5.74) is 7.50. The van der Waals surface area contributed by atoms with Crippen LogP contribution in [0.2, 0.25) is 0 Å². The van der Waals surface area contributed by atoms with Gasteiger partial charge in [0.15, 0.2) is 0 Å². The first-order valence-electron chi connectivity index (χ1n) is 6.44. The fourth-order valence-electron chi connectivity index (χ4n) is 1.71. The summed E-state index contributed by atoms with van der Waals surface area (Å²) in [6, 6.07) is 6.95. The molecule has 0 unspecified atom stereocenters. The Morgan fingerprint density at radius 2 is 2.00 bits per heavy atom. The summed E-state index contributed by atoms with van der Waals surface area (Å²) < 4.78 is 0. The summed E-state index contributed by atoms with van der Waals surface area (Å²) >= 11 is 0. The maximum absolute atomic E-state index is 10.6. The fraction of sp³-hybridized carbons (Fsp3) is 0.500. The van der Waals surface area contributed by atoms with Crippen LogP contribution >= 0.6 is 0 Å². The van der Waals surface area contributed by atoms with Gasteiger partial charge in [-0.25, -0.2) is 0 Å². The van der Waals surface area contributed by atoms with Gasteiger partial charge >= 0.3 is 5.97 Å². The number of carboxylic acid groups (broad SMARTS) is 1. The van der Waals surface area contributed by atoms with Gasteiger partial charge in [-0.05, 0) is 30.5 Å². The van der Waals surface area contributed by atoms with E-state index in [4.69, 9.17) is 10.8 Å². The first kappa shape index (κ1) is 14.5. The molecule has 0 saturated carbocycles. The molecule has 1 atom stereocenters. The van der Waals surface area contributed by atoms with Crippen molar-refractivity contribution in [1.29, 1.82) is 0 Å². The Balaban J connectivity index is 2.40. The lowest BCUT2D eigenvalue weighted by Gasteiger charge is -2.09. The molecule has 0 heterocycles. The van der Waals surface area contributed by atoms with E-state index in [1.54, 1.807) is 0 Å². The van der Waals surface area contributed by atoms with Gasteiger partial charge in [0.25, 0.3) is 0 Å². The zero-order valence-electron chi connectivity index (χ0n) is 10.9. The molecule has 1 aromatic rings. The third kappa shape index (κ3) is 5.19. The average Bonchev–Trinajstić information content (AvgIpc) is 2.36. The van der Waals surface area contributed by atoms with E-state index in [0.717, 1.165) is 17.8 Å². The number of nitrogens with two attached hydrogens (primary N) is 1. The highest BCUT2D eigenvalue weighted by Gasteiger charge is 2.11. The molecule has 0 aliphatic carbocycles. The molecular formula is C14H22N2O2. The summed E-state index contributed by atoms with van der Waals surface area (Å²) in [7, 11) is 0. The van der Waals surface area contributed by atoms with Crippen molar-refractivity contribution in [2.75, 3.05) is 11.9 Å².